The highest BCUT2D eigenvalue weighted by atomic mass is 79.9. The van der Waals surface area contributed by atoms with Gasteiger partial charge in [0.05, 0.1) is 6.07 Å². The number of hydrogen-bond acceptors (Lipinski definition) is 2. The molecule has 2 aromatic rings. The zero-order chi connectivity index (χ0) is 14.2. The molecule has 0 aromatic heterocycles. The third-order valence-electron chi connectivity index (χ3n) is 3.72. The van der Waals surface area contributed by atoms with Gasteiger partial charge in [-0.25, -0.2) is 4.39 Å². The average molecular weight is 331 g/mol. The Morgan fingerprint density at radius 1 is 1.20 bits per heavy atom. The zero-order valence-corrected chi connectivity index (χ0v) is 12.2. The molecule has 1 atom stereocenters. The number of anilines is 1. The van der Waals surface area contributed by atoms with E-state index in [1.165, 1.54) is 6.07 Å². The Kier molecular flexibility index (Phi) is 3.23. The van der Waals surface area contributed by atoms with Gasteiger partial charge in [-0.05, 0) is 54.3 Å². The molecule has 0 radical (unpaired) electrons. The third kappa shape index (κ3) is 2.08. The molecular formula is C16H12BrFN2. The van der Waals surface area contributed by atoms with Crippen LogP contribution in [0.5, 0.6) is 0 Å². The second-order valence-corrected chi connectivity index (χ2v) is 5.83. The molecule has 100 valence electrons. The number of benzene rings is 2. The lowest BCUT2D eigenvalue weighted by Gasteiger charge is -2.25. The highest BCUT2D eigenvalue weighted by Crippen LogP contribution is 2.40. The van der Waals surface area contributed by atoms with Gasteiger partial charge in [0.25, 0.3) is 0 Å². The van der Waals surface area contributed by atoms with Crippen molar-refractivity contribution in [3.63, 3.8) is 0 Å². The lowest BCUT2D eigenvalue weighted by atomic mass is 9.93. The van der Waals surface area contributed by atoms with Crippen LogP contribution in [0.3, 0.4) is 0 Å². The standard InChI is InChI=1S/C16H12BrFN2/c17-11-4-6-12(7-5-11)20-16(10-19)9-8-13-14(16)2-1-3-15(13)18/h1-7,20H,8-9H2. The quantitative estimate of drug-likeness (QED) is 0.887. The third-order valence-corrected chi connectivity index (χ3v) is 4.25. The Balaban J connectivity index is 2.01. The molecule has 0 bridgehead atoms. The molecule has 0 saturated carbocycles. The smallest absolute Gasteiger partial charge is 0.151 e. The molecule has 0 heterocycles. The Morgan fingerprint density at radius 2 is 1.95 bits per heavy atom. The van der Waals surface area contributed by atoms with E-state index in [9.17, 15) is 9.65 Å². The molecule has 2 nitrogen and oxygen atoms in total. The molecule has 0 amide bonds. The van der Waals surface area contributed by atoms with Crippen LogP contribution in [0.1, 0.15) is 17.5 Å². The Morgan fingerprint density at radius 3 is 2.65 bits per heavy atom. The van der Waals surface area contributed by atoms with Crippen molar-refractivity contribution in [1.29, 1.82) is 5.26 Å². The molecule has 1 N–H and O–H groups in total. The van der Waals surface area contributed by atoms with E-state index in [0.29, 0.717) is 18.4 Å². The fourth-order valence-electron chi connectivity index (χ4n) is 2.71. The van der Waals surface area contributed by atoms with Gasteiger partial charge in [0.15, 0.2) is 5.54 Å². The topological polar surface area (TPSA) is 35.8 Å². The molecule has 20 heavy (non-hydrogen) atoms. The average Bonchev–Trinajstić information content (AvgIpc) is 2.83. The normalized spacial score (nSPS) is 20.2. The van der Waals surface area contributed by atoms with Crippen molar-refractivity contribution in [3.05, 3.63) is 63.9 Å². The number of nitrogens with one attached hydrogen (secondary N) is 1. The lowest BCUT2D eigenvalue weighted by molar-refractivity contribution is 0.609. The van der Waals surface area contributed by atoms with Gasteiger partial charge in [-0.1, -0.05) is 28.1 Å². The van der Waals surface area contributed by atoms with Crippen LogP contribution in [0.15, 0.2) is 46.9 Å². The molecule has 0 fully saturated rings. The minimum atomic E-state index is -0.842. The van der Waals surface area contributed by atoms with E-state index in [4.69, 9.17) is 0 Å². The number of rotatable bonds is 2. The van der Waals surface area contributed by atoms with Crippen LogP contribution in [-0.2, 0) is 12.0 Å². The summed E-state index contributed by atoms with van der Waals surface area (Å²) in [5.41, 5.74) is 1.42. The summed E-state index contributed by atoms with van der Waals surface area (Å²) in [6, 6.07) is 14.9. The first-order valence-corrected chi connectivity index (χ1v) is 7.17. The van der Waals surface area contributed by atoms with Crippen LogP contribution in [0.4, 0.5) is 10.1 Å². The second kappa shape index (κ2) is 4.92. The monoisotopic (exact) mass is 330 g/mol. The van der Waals surface area contributed by atoms with E-state index >= 15 is 0 Å². The van der Waals surface area contributed by atoms with Crippen molar-refractivity contribution in [2.75, 3.05) is 5.32 Å². The maximum Gasteiger partial charge on any atom is 0.151 e. The summed E-state index contributed by atoms with van der Waals surface area (Å²) in [5.74, 6) is -0.225. The first-order valence-electron chi connectivity index (χ1n) is 6.37. The number of hydrogen-bond donors (Lipinski definition) is 1. The number of fused-ring (bicyclic) bond motifs is 1. The maximum absolute atomic E-state index is 13.8. The van der Waals surface area contributed by atoms with Crippen LogP contribution in [0.25, 0.3) is 0 Å². The summed E-state index contributed by atoms with van der Waals surface area (Å²) < 4.78 is 14.8. The predicted molar refractivity (Wildman–Crippen MR) is 79.8 cm³/mol. The highest BCUT2D eigenvalue weighted by Gasteiger charge is 2.40. The van der Waals surface area contributed by atoms with E-state index in [0.717, 1.165) is 15.7 Å². The number of nitrogens with zero attached hydrogens (tertiary/aromatic N) is 1. The van der Waals surface area contributed by atoms with Crippen LogP contribution in [0, 0.1) is 17.1 Å². The minimum Gasteiger partial charge on any atom is -0.364 e. The molecule has 3 rings (SSSR count). The second-order valence-electron chi connectivity index (χ2n) is 4.91. The van der Waals surface area contributed by atoms with Crippen LogP contribution in [0.2, 0.25) is 0 Å². The van der Waals surface area contributed by atoms with Gasteiger partial charge in [-0.3, -0.25) is 0 Å². The van der Waals surface area contributed by atoms with Gasteiger partial charge in [0.1, 0.15) is 5.82 Å². The SMILES string of the molecule is N#CC1(Nc2ccc(Br)cc2)CCc2c(F)cccc21. The van der Waals surface area contributed by atoms with Crippen molar-refractivity contribution in [3.8, 4) is 6.07 Å². The first-order chi connectivity index (χ1) is 9.64. The Bertz CT molecular complexity index is 691. The first kappa shape index (κ1) is 13.1. The van der Waals surface area contributed by atoms with Gasteiger partial charge >= 0.3 is 0 Å². The van der Waals surface area contributed by atoms with Crippen LogP contribution < -0.4 is 5.32 Å². The van der Waals surface area contributed by atoms with Gasteiger partial charge in [-0.15, -0.1) is 0 Å². The molecule has 2 aromatic carbocycles. The van der Waals surface area contributed by atoms with E-state index in [2.05, 4.69) is 27.3 Å². The maximum atomic E-state index is 13.8. The summed E-state index contributed by atoms with van der Waals surface area (Å²) in [4.78, 5) is 0. The summed E-state index contributed by atoms with van der Waals surface area (Å²) >= 11 is 3.38. The van der Waals surface area contributed by atoms with Gasteiger partial charge in [-0.2, -0.15) is 5.26 Å². The van der Waals surface area contributed by atoms with Gasteiger partial charge in [0, 0.05) is 10.2 Å². The summed E-state index contributed by atoms with van der Waals surface area (Å²) in [5, 5.41) is 12.9. The molecule has 1 aliphatic rings. The molecule has 1 aliphatic carbocycles. The van der Waals surface area contributed by atoms with Crippen molar-refractivity contribution in [2.24, 2.45) is 0 Å². The summed E-state index contributed by atoms with van der Waals surface area (Å²) in [6.45, 7) is 0. The van der Waals surface area contributed by atoms with Crippen LogP contribution in [-0.4, -0.2) is 0 Å². The fourth-order valence-corrected chi connectivity index (χ4v) is 2.98. The fraction of sp³-hybridized carbons (Fsp3) is 0.188. The molecule has 4 heteroatoms. The van der Waals surface area contributed by atoms with E-state index < -0.39 is 5.54 Å². The van der Waals surface area contributed by atoms with Crippen molar-refractivity contribution >= 4 is 21.6 Å². The number of nitriles is 1. The van der Waals surface area contributed by atoms with Gasteiger partial charge < -0.3 is 5.32 Å². The largest absolute Gasteiger partial charge is 0.364 e. The lowest BCUT2D eigenvalue weighted by Crippen LogP contribution is -2.31. The molecule has 0 spiro atoms. The van der Waals surface area contributed by atoms with Gasteiger partial charge in [0.2, 0.25) is 0 Å². The summed E-state index contributed by atoms with van der Waals surface area (Å²) in [7, 11) is 0. The zero-order valence-electron chi connectivity index (χ0n) is 10.7. The number of halogens is 2. The van der Waals surface area contributed by atoms with Crippen molar-refractivity contribution < 1.29 is 4.39 Å². The highest BCUT2D eigenvalue weighted by molar-refractivity contribution is 9.10. The predicted octanol–water partition coefficient (Wildman–Crippen LogP) is 4.37. The van der Waals surface area contributed by atoms with E-state index in [-0.39, 0.29) is 5.82 Å². The van der Waals surface area contributed by atoms with E-state index in [1.807, 2.05) is 30.3 Å². The minimum absolute atomic E-state index is 0.225. The summed E-state index contributed by atoms with van der Waals surface area (Å²) in [6.07, 6.45) is 1.16. The molecule has 0 aliphatic heterocycles. The molecule has 0 saturated heterocycles. The Labute approximate surface area is 125 Å². The molecular weight excluding hydrogens is 319 g/mol. The Hall–Kier alpha value is -1.86. The molecule has 1 unspecified atom stereocenters. The van der Waals surface area contributed by atoms with Crippen LogP contribution >= 0.6 is 15.9 Å². The van der Waals surface area contributed by atoms with Crippen molar-refractivity contribution in [1.82, 2.24) is 0 Å². The van der Waals surface area contributed by atoms with E-state index in [1.54, 1.807) is 6.07 Å². The van der Waals surface area contributed by atoms with Crippen molar-refractivity contribution in [2.45, 2.75) is 18.4 Å².